The van der Waals surface area contributed by atoms with Gasteiger partial charge in [0.25, 0.3) is 5.89 Å². The molecule has 5 nitrogen and oxygen atoms in total. The number of carbonyl (C=O) groups is 1. The maximum Gasteiger partial charge on any atom is 0.257 e. The average Bonchev–Trinajstić information content (AvgIpc) is 3.30. The summed E-state index contributed by atoms with van der Waals surface area (Å²) < 4.78 is 5.64. The minimum Gasteiger partial charge on any atom is -0.420 e. The van der Waals surface area contributed by atoms with Gasteiger partial charge in [-0.05, 0) is 29.0 Å². The van der Waals surface area contributed by atoms with Crippen molar-refractivity contribution in [2.24, 2.45) is 0 Å². The third-order valence-corrected chi connectivity index (χ3v) is 5.09. The number of aryl methyl sites for hydroxylation is 1. The number of nitrogens with zero attached hydrogens (tertiary/aromatic N) is 3. The minimum atomic E-state index is 0.139. The first-order chi connectivity index (χ1) is 11.8. The predicted octanol–water partition coefficient (Wildman–Crippen LogP) is 3.32. The number of hydrogen-bond acceptors (Lipinski definition) is 5. The Labute approximate surface area is 143 Å². The largest absolute Gasteiger partial charge is 0.420 e. The van der Waals surface area contributed by atoms with Crippen LogP contribution in [0.2, 0.25) is 0 Å². The Kier molecular flexibility index (Phi) is 4.13. The molecule has 1 aliphatic rings. The highest BCUT2D eigenvalue weighted by Crippen LogP contribution is 2.23. The topological polar surface area (TPSA) is 59.2 Å². The fourth-order valence-corrected chi connectivity index (χ4v) is 3.58. The Morgan fingerprint density at radius 3 is 2.88 bits per heavy atom. The summed E-state index contributed by atoms with van der Waals surface area (Å²) in [7, 11) is 0. The molecule has 1 aromatic carbocycles. The van der Waals surface area contributed by atoms with Crippen LogP contribution >= 0.6 is 11.3 Å². The predicted molar refractivity (Wildman–Crippen MR) is 91.5 cm³/mol. The molecule has 0 bridgehead atoms. The van der Waals surface area contributed by atoms with Crippen molar-refractivity contribution in [3.63, 3.8) is 0 Å². The lowest BCUT2D eigenvalue weighted by Crippen LogP contribution is -2.36. The molecular formula is C18H17N3O2S. The van der Waals surface area contributed by atoms with E-state index < -0.39 is 0 Å². The molecule has 0 spiro atoms. The van der Waals surface area contributed by atoms with Gasteiger partial charge in [-0.15, -0.1) is 21.5 Å². The van der Waals surface area contributed by atoms with Gasteiger partial charge in [-0.1, -0.05) is 30.3 Å². The summed E-state index contributed by atoms with van der Waals surface area (Å²) in [6.07, 6.45) is 1.80. The molecule has 24 heavy (non-hydrogen) atoms. The van der Waals surface area contributed by atoms with Crippen LogP contribution in [-0.4, -0.2) is 27.5 Å². The van der Waals surface area contributed by atoms with E-state index in [1.54, 1.807) is 11.3 Å². The molecule has 0 aliphatic carbocycles. The maximum absolute atomic E-state index is 12.5. The molecule has 1 aliphatic heterocycles. The molecule has 122 valence electrons. The Morgan fingerprint density at radius 1 is 1.17 bits per heavy atom. The number of fused-ring (bicyclic) bond motifs is 1. The molecule has 1 amide bonds. The third-order valence-electron chi connectivity index (χ3n) is 4.23. The molecule has 0 saturated carbocycles. The second-order valence-electron chi connectivity index (χ2n) is 5.81. The molecule has 0 fully saturated rings. The van der Waals surface area contributed by atoms with Crippen LogP contribution in [0.5, 0.6) is 0 Å². The van der Waals surface area contributed by atoms with E-state index in [1.807, 2.05) is 28.5 Å². The molecule has 0 unspecified atom stereocenters. The van der Waals surface area contributed by atoms with Gasteiger partial charge in [0, 0.05) is 25.9 Å². The quantitative estimate of drug-likeness (QED) is 0.732. The first kappa shape index (κ1) is 15.1. The summed E-state index contributed by atoms with van der Waals surface area (Å²) >= 11 is 1.56. The Hall–Kier alpha value is -2.47. The summed E-state index contributed by atoms with van der Waals surface area (Å²) in [5, 5.41) is 10.1. The van der Waals surface area contributed by atoms with Crippen LogP contribution < -0.4 is 0 Å². The fraction of sp³-hybridized carbons (Fsp3) is 0.278. The average molecular weight is 339 g/mol. The van der Waals surface area contributed by atoms with Crippen LogP contribution in [0.1, 0.15) is 23.4 Å². The summed E-state index contributed by atoms with van der Waals surface area (Å²) in [6.45, 7) is 1.47. The second kappa shape index (κ2) is 6.57. The van der Waals surface area contributed by atoms with Crippen LogP contribution in [0.25, 0.3) is 10.8 Å². The van der Waals surface area contributed by atoms with Crippen LogP contribution in [0.3, 0.4) is 0 Å². The first-order valence-electron chi connectivity index (χ1n) is 8.00. The van der Waals surface area contributed by atoms with Gasteiger partial charge in [-0.25, -0.2) is 0 Å². The zero-order valence-corrected chi connectivity index (χ0v) is 14.0. The van der Waals surface area contributed by atoms with Crippen LogP contribution in [0.15, 0.2) is 46.2 Å². The monoisotopic (exact) mass is 339 g/mol. The SMILES string of the molecule is O=C(CCc1nnc(-c2cccs2)o1)N1CCc2ccccc2C1. The van der Waals surface area contributed by atoms with Gasteiger partial charge in [0.2, 0.25) is 11.8 Å². The highest BCUT2D eigenvalue weighted by Gasteiger charge is 2.21. The molecule has 2 aromatic heterocycles. The summed E-state index contributed by atoms with van der Waals surface area (Å²) in [5.74, 6) is 1.18. The van der Waals surface area contributed by atoms with Gasteiger partial charge in [0.15, 0.2) is 0 Å². The Morgan fingerprint density at radius 2 is 2.04 bits per heavy atom. The van der Waals surface area contributed by atoms with Crippen molar-refractivity contribution in [1.82, 2.24) is 15.1 Å². The molecule has 0 radical (unpaired) electrons. The van der Waals surface area contributed by atoms with E-state index in [-0.39, 0.29) is 5.91 Å². The smallest absolute Gasteiger partial charge is 0.257 e. The number of aromatic nitrogens is 2. The summed E-state index contributed by atoms with van der Waals surface area (Å²) in [4.78, 5) is 15.3. The van der Waals surface area contributed by atoms with Crippen molar-refractivity contribution < 1.29 is 9.21 Å². The number of thiophene rings is 1. The molecule has 0 saturated heterocycles. The van der Waals surface area contributed by atoms with E-state index in [0.29, 0.717) is 31.2 Å². The van der Waals surface area contributed by atoms with Crippen molar-refractivity contribution in [2.75, 3.05) is 6.54 Å². The molecule has 0 N–H and O–H groups in total. The van der Waals surface area contributed by atoms with E-state index in [4.69, 9.17) is 4.42 Å². The van der Waals surface area contributed by atoms with Crippen LogP contribution in [-0.2, 0) is 24.2 Å². The molecule has 3 aromatic rings. The van der Waals surface area contributed by atoms with Gasteiger partial charge in [-0.2, -0.15) is 0 Å². The van der Waals surface area contributed by atoms with Crippen molar-refractivity contribution >= 4 is 17.2 Å². The highest BCUT2D eigenvalue weighted by molar-refractivity contribution is 7.13. The van der Waals surface area contributed by atoms with E-state index in [0.717, 1.165) is 17.8 Å². The van der Waals surface area contributed by atoms with E-state index in [1.165, 1.54) is 11.1 Å². The van der Waals surface area contributed by atoms with Crippen molar-refractivity contribution in [1.29, 1.82) is 0 Å². The first-order valence-corrected chi connectivity index (χ1v) is 8.88. The van der Waals surface area contributed by atoms with Gasteiger partial charge >= 0.3 is 0 Å². The minimum absolute atomic E-state index is 0.139. The normalized spacial score (nSPS) is 13.8. The lowest BCUT2D eigenvalue weighted by Gasteiger charge is -2.28. The Balaban J connectivity index is 1.36. The zero-order valence-electron chi connectivity index (χ0n) is 13.1. The maximum atomic E-state index is 12.5. The van der Waals surface area contributed by atoms with Crippen molar-refractivity contribution in [2.45, 2.75) is 25.8 Å². The molecule has 3 heterocycles. The van der Waals surface area contributed by atoms with E-state index in [2.05, 4.69) is 28.4 Å². The molecular weight excluding hydrogens is 322 g/mol. The number of amides is 1. The number of rotatable bonds is 4. The lowest BCUT2D eigenvalue weighted by molar-refractivity contribution is -0.132. The third kappa shape index (κ3) is 3.10. The van der Waals surface area contributed by atoms with Gasteiger partial charge in [0.1, 0.15) is 0 Å². The van der Waals surface area contributed by atoms with Crippen LogP contribution in [0, 0.1) is 0 Å². The van der Waals surface area contributed by atoms with Gasteiger partial charge < -0.3 is 9.32 Å². The van der Waals surface area contributed by atoms with E-state index >= 15 is 0 Å². The van der Waals surface area contributed by atoms with E-state index in [9.17, 15) is 4.79 Å². The molecule has 6 heteroatoms. The number of benzene rings is 1. The van der Waals surface area contributed by atoms with Crippen molar-refractivity contribution in [3.05, 3.63) is 58.8 Å². The summed E-state index contributed by atoms with van der Waals surface area (Å²) in [6, 6.07) is 12.2. The number of carbonyl (C=O) groups excluding carboxylic acids is 1. The standard InChI is InChI=1S/C18H17N3O2S/c22-17(21-10-9-13-4-1-2-5-14(13)12-21)8-7-16-19-20-18(23-16)15-6-3-11-24-15/h1-6,11H,7-10,12H2. The highest BCUT2D eigenvalue weighted by atomic mass is 32.1. The fourth-order valence-electron chi connectivity index (χ4n) is 2.94. The van der Waals surface area contributed by atoms with Crippen molar-refractivity contribution in [3.8, 4) is 10.8 Å². The number of hydrogen-bond donors (Lipinski definition) is 0. The molecule has 4 rings (SSSR count). The zero-order chi connectivity index (χ0) is 16.4. The van der Waals surface area contributed by atoms with Crippen LogP contribution in [0.4, 0.5) is 0 Å². The Bertz CT molecular complexity index is 842. The molecule has 0 atom stereocenters. The van der Waals surface area contributed by atoms with Gasteiger partial charge in [-0.3, -0.25) is 4.79 Å². The summed E-state index contributed by atoms with van der Waals surface area (Å²) in [5.41, 5.74) is 2.59. The van der Waals surface area contributed by atoms with Gasteiger partial charge in [0.05, 0.1) is 4.88 Å². The second-order valence-corrected chi connectivity index (χ2v) is 6.76. The lowest BCUT2D eigenvalue weighted by atomic mass is 9.99.